The smallest absolute Gasteiger partial charge is 0.178 e. The van der Waals surface area contributed by atoms with E-state index in [2.05, 4.69) is 4.57 Å². The molecule has 0 amide bonds. The molecular formula is C25H28N2O4. The van der Waals surface area contributed by atoms with E-state index in [1.54, 1.807) is 7.11 Å². The molecule has 0 spiro atoms. The lowest BCUT2D eigenvalue weighted by molar-refractivity contribution is 0.0942. The maximum absolute atomic E-state index is 13.1. The minimum Gasteiger partial charge on any atom is -0.496 e. The number of para-hydroxylation sites is 1. The van der Waals surface area contributed by atoms with Gasteiger partial charge < -0.3 is 18.8 Å². The third-order valence-electron chi connectivity index (χ3n) is 5.56. The van der Waals surface area contributed by atoms with Gasteiger partial charge in [0.2, 0.25) is 0 Å². The molecule has 6 nitrogen and oxygen atoms in total. The van der Waals surface area contributed by atoms with E-state index in [0.717, 1.165) is 45.5 Å². The van der Waals surface area contributed by atoms with Crippen LogP contribution < -0.4 is 14.2 Å². The zero-order chi connectivity index (χ0) is 22.0. The molecule has 0 radical (unpaired) electrons. The largest absolute Gasteiger partial charge is 0.496 e. The molecule has 0 saturated carbocycles. The first-order valence-corrected chi connectivity index (χ1v) is 10.4. The number of carbonyl (C=O) groups is 1. The molecule has 6 heteroatoms. The van der Waals surface area contributed by atoms with Crippen LogP contribution in [-0.2, 0) is 6.54 Å². The second-order valence-electron chi connectivity index (χ2n) is 7.86. The number of rotatable bonds is 7. The second-order valence-corrected chi connectivity index (χ2v) is 7.86. The van der Waals surface area contributed by atoms with Crippen LogP contribution >= 0.6 is 0 Å². The fourth-order valence-corrected chi connectivity index (χ4v) is 4.12. The zero-order valence-corrected chi connectivity index (χ0v) is 18.5. The van der Waals surface area contributed by atoms with Crippen LogP contribution in [-0.4, -0.2) is 49.2 Å². The number of fused-ring (bicyclic) bond motifs is 1. The first-order valence-electron chi connectivity index (χ1n) is 10.4. The molecule has 0 unspecified atom stereocenters. The summed E-state index contributed by atoms with van der Waals surface area (Å²) >= 11 is 0. The summed E-state index contributed by atoms with van der Waals surface area (Å²) in [5.74, 6) is 2.42. The standard InChI is InChI=1S/C25H28N2O4/c1-17-13-21(22(28)16-26(3)15-19-7-5-6-8-23(19)29-4)18(2)27(17)20-9-10-24-25(14-20)31-12-11-30-24/h5-10,13-14H,11-12,15-16H2,1-4H3. The monoisotopic (exact) mass is 420 g/mol. The number of nitrogens with zero attached hydrogens (tertiary/aromatic N) is 2. The first kappa shape index (κ1) is 21.0. The quantitative estimate of drug-likeness (QED) is 0.537. The van der Waals surface area contributed by atoms with E-state index in [1.807, 2.05) is 74.3 Å². The first-order chi connectivity index (χ1) is 15.0. The Kier molecular flexibility index (Phi) is 6.00. The fourth-order valence-electron chi connectivity index (χ4n) is 4.12. The minimum absolute atomic E-state index is 0.0919. The number of Topliss-reactive ketones (excluding diaryl/α,β-unsaturated/α-hetero) is 1. The van der Waals surface area contributed by atoms with Gasteiger partial charge in [0.1, 0.15) is 19.0 Å². The van der Waals surface area contributed by atoms with E-state index in [-0.39, 0.29) is 5.78 Å². The van der Waals surface area contributed by atoms with E-state index in [9.17, 15) is 4.79 Å². The van der Waals surface area contributed by atoms with Gasteiger partial charge in [-0.1, -0.05) is 18.2 Å². The number of carbonyl (C=O) groups excluding carboxylic acids is 1. The summed E-state index contributed by atoms with van der Waals surface area (Å²) < 4.78 is 18.9. The molecule has 0 fully saturated rings. The average molecular weight is 421 g/mol. The Morgan fingerprint density at radius 1 is 1.06 bits per heavy atom. The summed E-state index contributed by atoms with van der Waals surface area (Å²) in [5.41, 5.74) is 4.68. The summed E-state index contributed by atoms with van der Waals surface area (Å²) in [5, 5.41) is 0. The Morgan fingerprint density at radius 2 is 1.81 bits per heavy atom. The number of hydrogen-bond donors (Lipinski definition) is 0. The van der Waals surface area contributed by atoms with Gasteiger partial charge in [0.25, 0.3) is 0 Å². The van der Waals surface area contributed by atoms with E-state index in [0.29, 0.717) is 26.3 Å². The topological polar surface area (TPSA) is 52.9 Å². The number of ketones is 1. The summed E-state index contributed by atoms with van der Waals surface area (Å²) in [6.07, 6.45) is 0. The number of aryl methyl sites for hydroxylation is 1. The van der Waals surface area contributed by atoms with Crippen LogP contribution in [0.15, 0.2) is 48.5 Å². The molecule has 0 N–H and O–H groups in total. The van der Waals surface area contributed by atoms with Crippen LogP contribution in [0.4, 0.5) is 0 Å². The number of aromatic nitrogens is 1. The summed E-state index contributed by atoms with van der Waals surface area (Å²) in [6, 6.07) is 15.7. The van der Waals surface area contributed by atoms with Gasteiger partial charge in [0.05, 0.1) is 13.7 Å². The van der Waals surface area contributed by atoms with Crippen molar-refractivity contribution in [1.82, 2.24) is 9.47 Å². The van der Waals surface area contributed by atoms with Crippen molar-refractivity contribution in [1.29, 1.82) is 0 Å². The molecule has 0 bridgehead atoms. The lowest BCUT2D eigenvalue weighted by Crippen LogP contribution is -2.26. The molecule has 162 valence electrons. The minimum atomic E-state index is 0.0919. The maximum Gasteiger partial charge on any atom is 0.178 e. The lowest BCUT2D eigenvalue weighted by Gasteiger charge is -2.20. The number of likely N-dealkylation sites (N-methyl/N-ethyl adjacent to an activating group) is 1. The van der Waals surface area contributed by atoms with Crippen molar-refractivity contribution in [2.75, 3.05) is 33.9 Å². The van der Waals surface area contributed by atoms with Gasteiger partial charge in [0, 0.05) is 40.8 Å². The van der Waals surface area contributed by atoms with Gasteiger partial charge in [-0.25, -0.2) is 0 Å². The number of methoxy groups -OCH3 is 1. The van der Waals surface area contributed by atoms with Crippen molar-refractivity contribution in [2.45, 2.75) is 20.4 Å². The van der Waals surface area contributed by atoms with Gasteiger partial charge in [-0.15, -0.1) is 0 Å². The molecule has 2 aromatic carbocycles. The molecule has 1 aliphatic heterocycles. The van der Waals surface area contributed by atoms with Gasteiger partial charge in [0.15, 0.2) is 17.3 Å². The van der Waals surface area contributed by atoms with E-state index < -0.39 is 0 Å². The zero-order valence-electron chi connectivity index (χ0n) is 18.5. The van der Waals surface area contributed by atoms with Gasteiger partial charge in [-0.2, -0.15) is 0 Å². The van der Waals surface area contributed by atoms with Crippen LogP contribution in [0.1, 0.15) is 27.3 Å². The van der Waals surface area contributed by atoms with Gasteiger partial charge >= 0.3 is 0 Å². The van der Waals surface area contributed by atoms with Crippen LogP contribution in [0.3, 0.4) is 0 Å². The maximum atomic E-state index is 13.1. The average Bonchev–Trinajstić information content (AvgIpc) is 3.07. The van der Waals surface area contributed by atoms with Crippen molar-refractivity contribution < 1.29 is 19.0 Å². The Balaban J connectivity index is 1.53. The Hall–Kier alpha value is -3.25. The normalized spacial score (nSPS) is 12.8. The highest BCUT2D eigenvalue weighted by Gasteiger charge is 2.20. The highest BCUT2D eigenvalue weighted by molar-refractivity contribution is 5.99. The number of hydrogen-bond acceptors (Lipinski definition) is 5. The summed E-state index contributed by atoms with van der Waals surface area (Å²) in [4.78, 5) is 15.1. The Labute approximate surface area is 183 Å². The molecule has 0 saturated heterocycles. The molecule has 31 heavy (non-hydrogen) atoms. The van der Waals surface area contributed by atoms with E-state index >= 15 is 0 Å². The molecule has 0 atom stereocenters. The lowest BCUT2D eigenvalue weighted by atomic mass is 10.1. The third-order valence-corrected chi connectivity index (χ3v) is 5.56. The van der Waals surface area contributed by atoms with Crippen molar-refractivity contribution in [3.05, 3.63) is 71.0 Å². The third kappa shape index (κ3) is 4.30. The molecular weight excluding hydrogens is 392 g/mol. The van der Waals surface area contributed by atoms with Crippen LogP contribution in [0.5, 0.6) is 17.2 Å². The summed E-state index contributed by atoms with van der Waals surface area (Å²) in [7, 11) is 3.61. The van der Waals surface area contributed by atoms with Crippen molar-refractivity contribution in [3.63, 3.8) is 0 Å². The second kappa shape index (κ2) is 8.86. The molecule has 4 rings (SSSR count). The van der Waals surface area contributed by atoms with E-state index in [4.69, 9.17) is 14.2 Å². The number of ether oxygens (including phenoxy) is 3. The predicted molar refractivity (Wildman–Crippen MR) is 120 cm³/mol. The van der Waals surface area contributed by atoms with Crippen LogP contribution in [0.25, 0.3) is 5.69 Å². The van der Waals surface area contributed by atoms with Crippen LogP contribution in [0.2, 0.25) is 0 Å². The van der Waals surface area contributed by atoms with Gasteiger partial charge in [-0.05, 0) is 45.2 Å². The predicted octanol–water partition coefficient (Wildman–Crippen LogP) is 4.19. The van der Waals surface area contributed by atoms with E-state index in [1.165, 1.54) is 0 Å². The highest BCUT2D eigenvalue weighted by atomic mass is 16.6. The SMILES string of the molecule is COc1ccccc1CN(C)CC(=O)c1cc(C)n(-c2ccc3c(c2)OCCO3)c1C. The van der Waals surface area contributed by atoms with Crippen molar-refractivity contribution in [2.24, 2.45) is 0 Å². The van der Waals surface area contributed by atoms with Crippen molar-refractivity contribution >= 4 is 5.78 Å². The molecule has 0 aliphatic carbocycles. The molecule has 2 heterocycles. The fraction of sp³-hybridized carbons (Fsp3) is 0.320. The number of benzene rings is 2. The molecule has 1 aliphatic rings. The van der Waals surface area contributed by atoms with Crippen molar-refractivity contribution in [3.8, 4) is 22.9 Å². The highest BCUT2D eigenvalue weighted by Crippen LogP contribution is 2.33. The Bertz CT molecular complexity index is 1100. The molecule has 1 aromatic heterocycles. The van der Waals surface area contributed by atoms with Gasteiger partial charge in [-0.3, -0.25) is 9.69 Å². The van der Waals surface area contributed by atoms with Crippen LogP contribution in [0, 0.1) is 13.8 Å². The Morgan fingerprint density at radius 3 is 2.58 bits per heavy atom. The summed E-state index contributed by atoms with van der Waals surface area (Å²) in [6.45, 7) is 6.06. The molecule has 3 aromatic rings.